The molecule has 0 unspecified atom stereocenters. The SMILES string of the molecule is Cc1cc(C)cc(O[C@@H](Cc2cccc(C(F)(F)F)c2)C(=O)O)c1. The number of aryl methyl sites for hydroxylation is 2. The third-order valence-electron chi connectivity index (χ3n) is 3.42. The highest BCUT2D eigenvalue weighted by Crippen LogP contribution is 2.30. The summed E-state index contributed by atoms with van der Waals surface area (Å²) in [4.78, 5) is 11.4. The van der Waals surface area contributed by atoms with Crippen LogP contribution in [0.15, 0.2) is 42.5 Å². The molecule has 1 N–H and O–H groups in total. The summed E-state index contributed by atoms with van der Waals surface area (Å²) in [6, 6.07) is 9.90. The summed E-state index contributed by atoms with van der Waals surface area (Å²) >= 11 is 0. The predicted octanol–water partition coefficient (Wildman–Crippen LogP) is 4.40. The van der Waals surface area contributed by atoms with Crippen molar-refractivity contribution in [1.82, 2.24) is 0 Å². The van der Waals surface area contributed by atoms with Gasteiger partial charge in [0, 0.05) is 6.42 Å². The van der Waals surface area contributed by atoms with E-state index in [1.165, 1.54) is 12.1 Å². The first kappa shape index (κ1) is 17.8. The van der Waals surface area contributed by atoms with Gasteiger partial charge in [-0.1, -0.05) is 24.3 Å². The van der Waals surface area contributed by atoms with Gasteiger partial charge >= 0.3 is 12.1 Å². The van der Waals surface area contributed by atoms with E-state index in [2.05, 4.69) is 0 Å². The molecule has 0 fully saturated rings. The van der Waals surface area contributed by atoms with Crippen LogP contribution >= 0.6 is 0 Å². The Labute approximate surface area is 137 Å². The highest BCUT2D eigenvalue weighted by Gasteiger charge is 2.31. The fourth-order valence-corrected chi connectivity index (χ4v) is 2.43. The van der Waals surface area contributed by atoms with Gasteiger partial charge in [-0.2, -0.15) is 13.2 Å². The molecule has 0 spiro atoms. The van der Waals surface area contributed by atoms with E-state index in [0.717, 1.165) is 23.3 Å². The molecular formula is C18H17F3O3. The number of carbonyl (C=O) groups is 1. The number of halogens is 3. The summed E-state index contributed by atoms with van der Waals surface area (Å²) in [7, 11) is 0. The molecule has 0 saturated carbocycles. The number of carboxylic acids is 1. The first-order valence-corrected chi connectivity index (χ1v) is 7.29. The fraction of sp³-hybridized carbons (Fsp3) is 0.278. The van der Waals surface area contributed by atoms with Crippen molar-refractivity contribution in [2.75, 3.05) is 0 Å². The van der Waals surface area contributed by atoms with Crippen LogP contribution in [-0.2, 0) is 17.4 Å². The van der Waals surface area contributed by atoms with Crippen LogP contribution < -0.4 is 4.74 Å². The molecule has 0 bridgehead atoms. The lowest BCUT2D eigenvalue weighted by atomic mass is 10.0. The van der Waals surface area contributed by atoms with Crippen molar-refractivity contribution in [3.05, 3.63) is 64.7 Å². The summed E-state index contributed by atoms with van der Waals surface area (Å²) in [5.41, 5.74) is 1.26. The van der Waals surface area contributed by atoms with Crippen LogP contribution in [0.3, 0.4) is 0 Å². The lowest BCUT2D eigenvalue weighted by Crippen LogP contribution is -2.29. The summed E-state index contributed by atoms with van der Waals surface area (Å²) in [5, 5.41) is 9.32. The van der Waals surface area contributed by atoms with Gasteiger partial charge in [0.25, 0.3) is 0 Å². The Bertz CT molecular complexity index is 718. The second kappa shape index (κ2) is 6.95. The number of rotatable bonds is 5. The Morgan fingerprint density at radius 1 is 1.12 bits per heavy atom. The molecule has 3 nitrogen and oxygen atoms in total. The van der Waals surface area contributed by atoms with Gasteiger partial charge in [0.05, 0.1) is 5.56 Å². The molecule has 2 aromatic carbocycles. The molecule has 1 atom stereocenters. The molecule has 0 aliphatic rings. The van der Waals surface area contributed by atoms with Crippen LogP contribution in [0.1, 0.15) is 22.3 Å². The predicted molar refractivity (Wildman–Crippen MR) is 83.1 cm³/mol. The number of carboxylic acid groups (broad SMARTS) is 1. The van der Waals surface area contributed by atoms with Crippen LogP contribution in [0, 0.1) is 13.8 Å². The Kier molecular flexibility index (Phi) is 5.17. The first-order valence-electron chi connectivity index (χ1n) is 7.29. The molecule has 6 heteroatoms. The summed E-state index contributed by atoms with van der Waals surface area (Å²) in [6.07, 6.45) is -5.90. The highest BCUT2D eigenvalue weighted by molar-refractivity contribution is 5.73. The quantitative estimate of drug-likeness (QED) is 0.879. The fourth-order valence-electron chi connectivity index (χ4n) is 2.43. The number of alkyl halides is 3. The standard InChI is InChI=1S/C18H17F3O3/c1-11-6-12(2)8-15(7-11)24-16(17(22)23)10-13-4-3-5-14(9-13)18(19,20)21/h3-9,16H,10H2,1-2H3,(H,22,23)/t16-/m0/s1. The number of hydrogen-bond donors (Lipinski definition) is 1. The molecule has 0 heterocycles. The first-order chi connectivity index (χ1) is 11.1. The van der Waals surface area contributed by atoms with Gasteiger partial charge in [-0.05, 0) is 48.7 Å². The van der Waals surface area contributed by atoms with Gasteiger partial charge in [-0.25, -0.2) is 4.79 Å². The molecule has 0 amide bonds. The maximum Gasteiger partial charge on any atom is 0.416 e. The Morgan fingerprint density at radius 2 is 1.75 bits per heavy atom. The molecule has 0 saturated heterocycles. The highest BCUT2D eigenvalue weighted by atomic mass is 19.4. The van der Waals surface area contributed by atoms with Gasteiger partial charge in [-0.3, -0.25) is 0 Å². The van der Waals surface area contributed by atoms with E-state index in [9.17, 15) is 23.1 Å². The minimum atomic E-state index is -4.47. The third kappa shape index (κ3) is 4.75. The second-order valence-electron chi connectivity index (χ2n) is 5.67. The lowest BCUT2D eigenvalue weighted by Gasteiger charge is -2.17. The number of hydrogen-bond acceptors (Lipinski definition) is 2. The van der Waals surface area contributed by atoms with Crippen molar-refractivity contribution in [3.63, 3.8) is 0 Å². The molecular weight excluding hydrogens is 321 g/mol. The normalized spacial score (nSPS) is 12.7. The zero-order chi connectivity index (χ0) is 17.9. The van der Waals surface area contributed by atoms with E-state index in [1.807, 2.05) is 19.9 Å². The molecule has 0 aliphatic carbocycles. The van der Waals surface area contributed by atoms with Crippen molar-refractivity contribution < 1.29 is 27.8 Å². The molecule has 2 aromatic rings. The van der Waals surface area contributed by atoms with Gasteiger partial charge in [0.1, 0.15) is 5.75 Å². The number of benzene rings is 2. The molecule has 24 heavy (non-hydrogen) atoms. The third-order valence-corrected chi connectivity index (χ3v) is 3.42. The van der Waals surface area contributed by atoms with Crippen molar-refractivity contribution in [1.29, 1.82) is 0 Å². The van der Waals surface area contributed by atoms with Crippen molar-refractivity contribution in [2.45, 2.75) is 32.5 Å². The van der Waals surface area contributed by atoms with Crippen LogP contribution in [0.5, 0.6) is 5.75 Å². The van der Waals surface area contributed by atoms with E-state index in [-0.39, 0.29) is 12.0 Å². The van der Waals surface area contributed by atoms with Gasteiger partial charge in [0.2, 0.25) is 0 Å². The van der Waals surface area contributed by atoms with E-state index in [0.29, 0.717) is 5.75 Å². The minimum absolute atomic E-state index is 0.160. The van der Waals surface area contributed by atoms with E-state index in [4.69, 9.17) is 4.74 Å². The molecule has 2 rings (SSSR count). The van der Waals surface area contributed by atoms with E-state index >= 15 is 0 Å². The summed E-state index contributed by atoms with van der Waals surface area (Å²) in [6.45, 7) is 3.70. The Morgan fingerprint density at radius 3 is 2.29 bits per heavy atom. The van der Waals surface area contributed by atoms with Crippen molar-refractivity contribution in [3.8, 4) is 5.75 Å². The second-order valence-corrected chi connectivity index (χ2v) is 5.67. The maximum atomic E-state index is 12.8. The lowest BCUT2D eigenvalue weighted by molar-refractivity contribution is -0.145. The molecule has 0 aliphatic heterocycles. The van der Waals surface area contributed by atoms with E-state index < -0.39 is 23.8 Å². The van der Waals surface area contributed by atoms with Crippen LogP contribution in [-0.4, -0.2) is 17.2 Å². The largest absolute Gasteiger partial charge is 0.478 e. The molecule has 128 valence electrons. The van der Waals surface area contributed by atoms with Crippen LogP contribution in [0.4, 0.5) is 13.2 Å². The summed E-state index contributed by atoms with van der Waals surface area (Å²) in [5.74, 6) is -0.849. The van der Waals surface area contributed by atoms with Crippen LogP contribution in [0.2, 0.25) is 0 Å². The van der Waals surface area contributed by atoms with Gasteiger partial charge in [0.15, 0.2) is 6.10 Å². The topological polar surface area (TPSA) is 46.5 Å². The number of aliphatic carboxylic acids is 1. The van der Waals surface area contributed by atoms with E-state index in [1.54, 1.807) is 12.1 Å². The zero-order valence-corrected chi connectivity index (χ0v) is 13.2. The Balaban J connectivity index is 2.21. The Hall–Kier alpha value is -2.50. The van der Waals surface area contributed by atoms with Gasteiger partial charge in [-0.15, -0.1) is 0 Å². The smallest absolute Gasteiger partial charge is 0.416 e. The molecule has 0 aromatic heterocycles. The number of ether oxygens (including phenoxy) is 1. The minimum Gasteiger partial charge on any atom is -0.478 e. The summed E-state index contributed by atoms with van der Waals surface area (Å²) < 4.78 is 43.7. The average molecular weight is 338 g/mol. The van der Waals surface area contributed by atoms with Crippen LogP contribution in [0.25, 0.3) is 0 Å². The average Bonchev–Trinajstić information content (AvgIpc) is 2.45. The van der Waals surface area contributed by atoms with Crippen molar-refractivity contribution >= 4 is 5.97 Å². The maximum absolute atomic E-state index is 12.8. The molecule has 0 radical (unpaired) electrons. The van der Waals surface area contributed by atoms with Crippen molar-refractivity contribution in [2.24, 2.45) is 0 Å². The van der Waals surface area contributed by atoms with Gasteiger partial charge < -0.3 is 9.84 Å². The monoisotopic (exact) mass is 338 g/mol. The zero-order valence-electron chi connectivity index (χ0n) is 13.2.